The smallest absolute Gasteiger partial charge is 0.269 e. The van der Waals surface area contributed by atoms with Crippen molar-refractivity contribution in [1.29, 1.82) is 0 Å². The van der Waals surface area contributed by atoms with Gasteiger partial charge in [-0.05, 0) is 18.8 Å². The second-order valence-corrected chi connectivity index (χ2v) is 5.37. The van der Waals surface area contributed by atoms with E-state index >= 15 is 0 Å². The van der Waals surface area contributed by atoms with Crippen LogP contribution in [0.4, 0.5) is 5.69 Å². The maximum atomic E-state index is 12.0. The molecule has 0 amide bonds. The van der Waals surface area contributed by atoms with E-state index in [-0.39, 0.29) is 24.5 Å². The maximum absolute atomic E-state index is 12.0. The summed E-state index contributed by atoms with van der Waals surface area (Å²) in [6, 6.07) is 1.56. The second kappa shape index (κ2) is 6.65. The Morgan fingerprint density at radius 1 is 1.55 bits per heavy atom. The van der Waals surface area contributed by atoms with Crippen LogP contribution >= 0.6 is 0 Å². The highest BCUT2D eigenvalue weighted by Crippen LogP contribution is 2.20. The van der Waals surface area contributed by atoms with Crippen LogP contribution in [-0.4, -0.2) is 42.4 Å². The number of piperidine rings is 1. The number of ether oxygens (including phenoxy) is 1. The molecule has 2 rings (SSSR count). The van der Waals surface area contributed by atoms with E-state index in [1.54, 1.807) is 12.3 Å². The molecular formula is C14H21N3O3. The summed E-state index contributed by atoms with van der Waals surface area (Å²) in [5.74, 6) is 0.468. The Kier molecular flexibility index (Phi) is 4.89. The summed E-state index contributed by atoms with van der Waals surface area (Å²) in [6.07, 6.45) is 4.03. The zero-order valence-electron chi connectivity index (χ0n) is 12.0. The zero-order valence-corrected chi connectivity index (χ0v) is 12.0. The molecule has 6 heteroatoms. The molecule has 0 N–H and O–H groups in total. The fraction of sp³-hybridized carbons (Fsp3) is 0.643. The predicted molar refractivity (Wildman–Crippen MR) is 76.0 cm³/mol. The van der Waals surface area contributed by atoms with Crippen molar-refractivity contribution in [3.8, 4) is 0 Å². The molecule has 1 unspecified atom stereocenters. The lowest BCUT2D eigenvalue weighted by atomic mass is 10.00. The molecule has 0 radical (unpaired) electrons. The number of hydrogen-bond donors (Lipinski definition) is 0. The number of hydrogen-bond acceptors (Lipinski definition) is 5. The van der Waals surface area contributed by atoms with Gasteiger partial charge in [-0.3, -0.25) is 9.59 Å². The van der Waals surface area contributed by atoms with Gasteiger partial charge in [0.15, 0.2) is 5.78 Å². The van der Waals surface area contributed by atoms with E-state index in [9.17, 15) is 9.59 Å². The minimum Gasteiger partial charge on any atom is -0.377 e. The first-order chi connectivity index (χ1) is 9.60. The number of rotatable bonds is 5. The van der Waals surface area contributed by atoms with Crippen LogP contribution in [0.5, 0.6) is 0 Å². The third-order valence-corrected chi connectivity index (χ3v) is 3.51. The Labute approximate surface area is 118 Å². The Morgan fingerprint density at radius 3 is 3.00 bits per heavy atom. The van der Waals surface area contributed by atoms with E-state index in [1.165, 1.54) is 18.2 Å². The average Bonchev–Trinajstić information content (AvgIpc) is 2.41. The lowest BCUT2D eigenvalue weighted by molar-refractivity contribution is -0.123. The second-order valence-electron chi connectivity index (χ2n) is 5.37. The van der Waals surface area contributed by atoms with Crippen molar-refractivity contribution >= 4 is 11.5 Å². The average molecular weight is 279 g/mol. The molecule has 6 nitrogen and oxygen atoms in total. The summed E-state index contributed by atoms with van der Waals surface area (Å²) >= 11 is 0. The number of ketones is 1. The van der Waals surface area contributed by atoms with Gasteiger partial charge in [-0.1, -0.05) is 6.92 Å². The van der Waals surface area contributed by atoms with Crippen molar-refractivity contribution in [3.63, 3.8) is 0 Å². The van der Waals surface area contributed by atoms with Gasteiger partial charge in [-0.25, -0.2) is 4.68 Å². The molecule has 0 aliphatic carbocycles. The van der Waals surface area contributed by atoms with E-state index < -0.39 is 0 Å². The van der Waals surface area contributed by atoms with E-state index in [0.29, 0.717) is 5.92 Å². The fourth-order valence-corrected chi connectivity index (χ4v) is 2.51. The number of aromatic nitrogens is 2. The zero-order chi connectivity index (χ0) is 14.5. The normalized spacial score (nSPS) is 19.1. The maximum Gasteiger partial charge on any atom is 0.269 e. The lowest BCUT2D eigenvalue weighted by Crippen LogP contribution is -2.36. The molecule has 1 aromatic heterocycles. The molecule has 1 aliphatic rings. The first kappa shape index (κ1) is 14.7. The van der Waals surface area contributed by atoms with Crippen LogP contribution in [0.1, 0.15) is 19.8 Å². The summed E-state index contributed by atoms with van der Waals surface area (Å²) in [4.78, 5) is 25.6. The van der Waals surface area contributed by atoms with Gasteiger partial charge in [0.2, 0.25) is 0 Å². The number of anilines is 1. The first-order valence-corrected chi connectivity index (χ1v) is 6.93. The topological polar surface area (TPSA) is 64.4 Å². The van der Waals surface area contributed by atoms with Gasteiger partial charge in [-0.15, -0.1) is 0 Å². The van der Waals surface area contributed by atoms with Crippen LogP contribution in [0.25, 0.3) is 0 Å². The SMILES string of the molecule is COCC(=O)Cn1ncc(N2CCCC(C)C2)cc1=O. The summed E-state index contributed by atoms with van der Waals surface area (Å²) in [6.45, 7) is 4.08. The molecule has 0 aromatic carbocycles. The van der Waals surface area contributed by atoms with E-state index in [4.69, 9.17) is 4.74 Å². The molecule has 1 fully saturated rings. The van der Waals surface area contributed by atoms with Crippen LogP contribution in [0.3, 0.4) is 0 Å². The molecule has 0 bridgehead atoms. The summed E-state index contributed by atoms with van der Waals surface area (Å²) in [5, 5.41) is 4.09. The van der Waals surface area contributed by atoms with Crippen LogP contribution < -0.4 is 10.5 Å². The number of nitrogens with zero attached hydrogens (tertiary/aromatic N) is 3. The molecule has 1 atom stereocenters. The number of methoxy groups -OCH3 is 1. The summed E-state index contributed by atoms with van der Waals surface area (Å²) < 4.78 is 5.92. The fourth-order valence-electron chi connectivity index (χ4n) is 2.51. The van der Waals surface area contributed by atoms with Gasteiger partial charge in [0.25, 0.3) is 5.56 Å². The molecule has 1 aromatic rings. The van der Waals surface area contributed by atoms with Gasteiger partial charge in [0.1, 0.15) is 13.2 Å². The highest BCUT2D eigenvalue weighted by molar-refractivity contribution is 5.79. The molecule has 1 saturated heterocycles. The van der Waals surface area contributed by atoms with E-state index in [0.717, 1.165) is 25.2 Å². The van der Waals surface area contributed by atoms with Crippen LogP contribution in [0.15, 0.2) is 17.1 Å². The van der Waals surface area contributed by atoms with Crippen molar-refractivity contribution in [2.75, 3.05) is 31.7 Å². The minimum absolute atomic E-state index is 0.000485. The largest absolute Gasteiger partial charge is 0.377 e. The van der Waals surface area contributed by atoms with Gasteiger partial charge in [0.05, 0.1) is 11.9 Å². The number of carbonyl (C=O) groups is 1. The van der Waals surface area contributed by atoms with E-state index in [2.05, 4.69) is 16.9 Å². The predicted octanol–water partition coefficient (Wildman–Crippen LogP) is 0.695. The van der Waals surface area contributed by atoms with Gasteiger partial charge >= 0.3 is 0 Å². The van der Waals surface area contributed by atoms with Crippen molar-refractivity contribution < 1.29 is 9.53 Å². The third-order valence-electron chi connectivity index (χ3n) is 3.51. The highest BCUT2D eigenvalue weighted by atomic mass is 16.5. The van der Waals surface area contributed by atoms with Crippen molar-refractivity contribution in [2.45, 2.75) is 26.3 Å². The first-order valence-electron chi connectivity index (χ1n) is 6.93. The van der Waals surface area contributed by atoms with Crippen molar-refractivity contribution in [2.24, 2.45) is 5.92 Å². The molecule has 20 heavy (non-hydrogen) atoms. The van der Waals surface area contributed by atoms with Crippen LogP contribution in [0.2, 0.25) is 0 Å². The molecular weight excluding hydrogens is 258 g/mol. The van der Waals surface area contributed by atoms with Crippen molar-refractivity contribution in [1.82, 2.24) is 9.78 Å². The standard InChI is InChI=1S/C14H21N3O3/c1-11-4-3-5-16(8-11)12-6-14(19)17(15-7-12)9-13(18)10-20-2/h6-7,11H,3-5,8-10H2,1-2H3. The minimum atomic E-state index is -0.245. The Balaban J connectivity index is 2.09. The van der Waals surface area contributed by atoms with Crippen molar-refractivity contribution in [3.05, 3.63) is 22.6 Å². The Morgan fingerprint density at radius 2 is 2.35 bits per heavy atom. The number of Topliss-reactive ketones (excluding diaryl/α,β-unsaturated/α-hetero) is 1. The lowest BCUT2D eigenvalue weighted by Gasteiger charge is -2.32. The molecule has 110 valence electrons. The number of carbonyl (C=O) groups excluding carboxylic acids is 1. The molecule has 2 heterocycles. The highest BCUT2D eigenvalue weighted by Gasteiger charge is 2.17. The van der Waals surface area contributed by atoms with E-state index in [1.807, 2.05) is 0 Å². The van der Waals surface area contributed by atoms with Crippen LogP contribution in [0, 0.1) is 5.92 Å². The third kappa shape index (κ3) is 3.66. The summed E-state index contributed by atoms with van der Waals surface area (Å²) in [7, 11) is 1.45. The van der Waals surface area contributed by atoms with Crippen LogP contribution in [-0.2, 0) is 16.1 Å². The molecule has 1 aliphatic heterocycles. The molecule has 0 saturated carbocycles. The van der Waals surface area contributed by atoms with Gasteiger partial charge in [-0.2, -0.15) is 5.10 Å². The Hall–Kier alpha value is -1.69. The Bertz CT molecular complexity index is 527. The van der Waals surface area contributed by atoms with Gasteiger partial charge in [0, 0.05) is 26.3 Å². The monoisotopic (exact) mass is 279 g/mol. The molecule has 0 spiro atoms. The summed E-state index contributed by atoms with van der Waals surface area (Å²) in [5.41, 5.74) is 0.599. The van der Waals surface area contributed by atoms with Gasteiger partial charge < -0.3 is 9.64 Å². The quantitative estimate of drug-likeness (QED) is 0.793.